The molecule has 0 spiro atoms. The summed E-state index contributed by atoms with van der Waals surface area (Å²) in [6.45, 7) is 5.72. The molecule has 1 saturated carbocycles. The van der Waals surface area contributed by atoms with E-state index in [0.29, 0.717) is 16.9 Å². The Morgan fingerprint density at radius 3 is 2.68 bits per heavy atom. The molecule has 1 unspecified atom stereocenters. The van der Waals surface area contributed by atoms with Gasteiger partial charge in [-0.05, 0) is 61.7 Å². The lowest BCUT2D eigenvalue weighted by molar-refractivity contribution is 0.102. The molecule has 6 nitrogen and oxygen atoms in total. The van der Waals surface area contributed by atoms with Crippen LogP contribution in [0.25, 0.3) is 16.9 Å². The summed E-state index contributed by atoms with van der Waals surface area (Å²) in [6, 6.07) is 11.3. The molecule has 158 valence electrons. The lowest BCUT2D eigenvalue weighted by atomic mass is 10.0. The minimum Gasteiger partial charge on any atom is -0.338 e. The van der Waals surface area contributed by atoms with Crippen molar-refractivity contribution in [3.8, 4) is 11.4 Å². The van der Waals surface area contributed by atoms with Crippen LogP contribution in [0, 0.1) is 20.8 Å². The number of nitrogens with one attached hydrogen (secondary N) is 1. The summed E-state index contributed by atoms with van der Waals surface area (Å²) in [6.07, 6.45) is 1.58. The molecular weight excluding hydrogens is 402 g/mol. The van der Waals surface area contributed by atoms with Crippen LogP contribution in [0.2, 0.25) is 0 Å². The molecule has 5 rings (SSSR count). The zero-order chi connectivity index (χ0) is 21.9. The molecule has 1 N–H and O–H groups in total. The lowest BCUT2D eigenvalue weighted by Crippen LogP contribution is -2.15. The number of pyridine rings is 1. The predicted molar refractivity (Wildman–Crippen MR) is 112 cm³/mol. The van der Waals surface area contributed by atoms with Crippen LogP contribution in [0.3, 0.4) is 0 Å². The third-order valence-electron chi connectivity index (χ3n) is 5.74. The van der Waals surface area contributed by atoms with Crippen LogP contribution < -0.4 is 5.32 Å². The molecule has 4 aromatic rings. The van der Waals surface area contributed by atoms with Gasteiger partial charge in [-0.15, -0.1) is 0 Å². The molecule has 3 heterocycles. The van der Waals surface area contributed by atoms with Crippen LogP contribution in [0.5, 0.6) is 0 Å². The van der Waals surface area contributed by atoms with Crippen molar-refractivity contribution in [1.29, 1.82) is 0 Å². The second-order valence-corrected chi connectivity index (χ2v) is 8.08. The number of nitrogens with zero attached hydrogens (tertiary/aromatic N) is 3. The molecule has 8 heteroatoms. The highest BCUT2D eigenvalue weighted by molar-refractivity contribution is 6.05. The molecule has 1 aliphatic carbocycles. The minimum absolute atomic E-state index is 0.0549. The zero-order valence-corrected chi connectivity index (χ0v) is 17.2. The summed E-state index contributed by atoms with van der Waals surface area (Å²) >= 11 is 0. The fourth-order valence-corrected chi connectivity index (χ4v) is 3.88. The number of fused-ring (bicyclic) bond motifs is 1. The average molecular weight is 422 g/mol. The average Bonchev–Trinajstić information content (AvgIpc) is 3.08. The number of hydrogen-bond acceptors (Lipinski definition) is 4. The number of halogens is 2. The van der Waals surface area contributed by atoms with E-state index in [9.17, 15) is 13.6 Å². The van der Waals surface area contributed by atoms with Gasteiger partial charge in [-0.3, -0.25) is 4.79 Å². The number of carbonyl (C=O) groups is 1. The van der Waals surface area contributed by atoms with Gasteiger partial charge in [-0.25, -0.2) is 8.78 Å². The summed E-state index contributed by atoms with van der Waals surface area (Å²) in [5.74, 6) is -3.86. The van der Waals surface area contributed by atoms with Crippen molar-refractivity contribution < 1.29 is 18.1 Å². The van der Waals surface area contributed by atoms with Crippen molar-refractivity contribution in [2.24, 2.45) is 0 Å². The number of anilines is 1. The first-order chi connectivity index (χ1) is 14.7. The lowest BCUT2D eigenvalue weighted by Gasteiger charge is -2.12. The first kappa shape index (κ1) is 19.4. The fraction of sp³-hybridized carbons (Fsp3) is 0.261. The van der Waals surface area contributed by atoms with Crippen molar-refractivity contribution in [2.75, 3.05) is 5.32 Å². The van der Waals surface area contributed by atoms with Crippen LogP contribution in [0.15, 0.2) is 47.1 Å². The highest BCUT2D eigenvalue weighted by atomic mass is 19.3. The maximum Gasteiger partial charge on any atom is 0.272 e. The third kappa shape index (κ3) is 3.28. The smallest absolute Gasteiger partial charge is 0.272 e. The molecule has 0 bridgehead atoms. The van der Waals surface area contributed by atoms with Gasteiger partial charge in [0.1, 0.15) is 11.6 Å². The number of aromatic nitrogens is 3. The van der Waals surface area contributed by atoms with E-state index >= 15 is 0 Å². The minimum atomic E-state index is -2.77. The Morgan fingerprint density at radius 1 is 1.16 bits per heavy atom. The zero-order valence-electron chi connectivity index (χ0n) is 17.2. The van der Waals surface area contributed by atoms with E-state index in [0.717, 1.165) is 22.2 Å². The van der Waals surface area contributed by atoms with Crippen molar-refractivity contribution in [3.05, 3.63) is 70.9 Å². The molecule has 3 aromatic heterocycles. The SMILES string of the molecule is Cc1cc(C)c(-c2noc(C3CC3(F)F)n2)cc1NC(=O)c1cc(C)c2ccccn12. The van der Waals surface area contributed by atoms with Crippen molar-refractivity contribution in [1.82, 2.24) is 14.5 Å². The van der Waals surface area contributed by atoms with Crippen molar-refractivity contribution in [3.63, 3.8) is 0 Å². The van der Waals surface area contributed by atoms with E-state index in [1.54, 1.807) is 6.07 Å². The molecule has 1 aliphatic rings. The second-order valence-electron chi connectivity index (χ2n) is 8.08. The standard InChI is InChI=1S/C23H20F2N4O2/c1-12-8-13(2)17(10-15(12)20-27-22(31-28-20)16-11-23(16,24)25)26-21(30)19-9-14(3)18-6-4-5-7-29(18)19/h4-10,16H,11H2,1-3H3,(H,26,30). The highest BCUT2D eigenvalue weighted by Gasteiger charge is 2.61. The van der Waals surface area contributed by atoms with E-state index in [1.165, 1.54) is 0 Å². The Labute approximate surface area is 176 Å². The van der Waals surface area contributed by atoms with Crippen molar-refractivity contribution in [2.45, 2.75) is 39.0 Å². The van der Waals surface area contributed by atoms with Crippen LogP contribution in [-0.2, 0) is 0 Å². The van der Waals surface area contributed by atoms with Crippen LogP contribution >= 0.6 is 0 Å². The number of benzene rings is 1. The van der Waals surface area contributed by atoms with Crippen LogP contribution in [0.1, 0.15) is 45.4 Å². The molecule has 1 amide bonds. The van der Waals surface area contributed by atoms with Gasteiger partial charge >= 0.3 is 0 Å². The fourth-order valence-electron chi connectivity index (χ4n) is 3.88. The molecular formula is C23H20F2N4O2. The van der Waals surface area contributed by atoms with E-state index in [-0.39, 0.29) is 24.0 Å². The Kier molecular flexibility index (Phi) is 4.22. The van der Waals surface area contributed by atoms with E-state index in [2.05, 4.69) is 15.5 Å². The molecule has 0 aliphatic heterocycles. The summed E-state index contributed by atoms with van der Waals surface area (Å²) in [5, 5.41) is 6.85. The number of carbonyl (C=O) groups excluding carboxylic acids is 1. The number of amides is 1. The second kappa shape index (κ2) is 6.73. The molecule has 0 saturated heterocycles. The largest absolute Gasteiger partial charge is 0.338 e. The Morgan fingerprint density at radius 2 is 1.94 bits per heavy atom. The summed E-state index contributed by atoms with van der Waals surface area (Å²) in [5.41, 5.74) is 5.42. The van der Waals surface area contributed by atoms with Gasteiger partial charge in [0.2, 0.25) is 11.7 Å². The first-order valence-corrected chi connectivity index (χ1v) is 9.95. The highest BCUT2D eigenvalue weighted by Crippen LogP contribution is 2.55. The van der Waals surface area contributed by atoms with Gasteiger partial charge in [0, 0.05) is 29.4 Å². The van der Waals surface area contributed by atoms with E-state index in [1.807, 2.05) is 61.7 Å². The molecule has 31 heavy (non-hydrogen) atoms. The van der Waals surface area contributed by atoms with Crippen LogP contribution in [0.4, 0.5) is 14.5 Å². The number of alkyl halides is 2. The van der Waals surface area contributed by atoms with E-state index < -0.39 is 11.8 Å². The van der Waals surface area contributed by atoms with Crippen LogP contribution in [-0.4, -0.2) is 26.4 Å². The quantitative estimate of drug-likeness (QED) is 0.485. The molecule has 1 fully saturated rings. The number of rotatable bonds is 4. The van der Waals surface area contributed by atoms with Gasteiger partial charge < -0.3 is 14.2 Å². The Hall–Kier alpha value is -3.55. The molecule has 1 atom stereocenters. The third-order valence-corrected chi connectivity index (χ3v) is 5.74. The maximum absolute atomic E-state index is 13.3. The van der Waals surface area contributed by atoms with Gasteiger partial charge in [-0.1, -0.05) is 17.3 Å². The first-order valence-electron chi connectivity index (χ1n) is 9.95. The monoisotopic (exact) mass is 422 g/mol. The van der Waals surface area contributed by atoms with Gasteiger partial charge in [0.15, 0.2) is 0 Å². The van der Waals surface area contributed by atoms with Gasteiger partial charge in [0.05, 0.1) is 0 Å². The summed E-state index contributed by atoms with van der Waals surface area (Å²) in [7, 11) is 0. The predicted octanol–water partition coefficient (Wildman–Crippen LogP) is 5.29. The summed E-state index contributed by atoms with van der Waals surface area (Å²) < 4.78 is 33.6. The van der Waals surface area contributed by atoms with Crippen molar-refractivity contribution >= 4 is 17.1 Å². The summed E-state index contributed by atoms with van der Waals surface area (Å²) in [4.78, 5) is 17.2. The Balaban J connectivity index is 1.47. The maximum atomic E-state index is 13.3. The van der Waals surface area contributed by atoms with Gasteiger partial charge in [0.25, 0.3) is 11.8 Å². The van der Waals surface area contributed by atoms with E-state index in [4.69, 9.17) is 4.52 Å². The number of hydrogen-bond donors (Lipinski definition) is 1. The molecule has 1 aromatic carbocycles. The Bertz CT molecular complexity index is 1340. The number of aryl methyl sites for hydroxylation is 3. The topological polar surface area (TPSA) is 72.4 Å². The molecule has 0 radical (unpaired) electrons. The van der Waals surface area contributed by atoms with Gasteiger partial charge in [-0.2, -0.15) is 4.98 Å². The normalized spacial score (nSPS) is 17.1.